The van der Waals surface area contributed by atoms with Crippen molar-refractivity contribution in [3.63, 3.8) is 0 Å². The van der Waals surface area contributed by atoms with E-state index >= 15 is 0 Å². The monoisotopic (exact) mass is 369 g/mol. The van der Waals surface area contributed by atoms with Crippen LogP contribution in [0.5, 0.6) is 0 Å². The summed E-state index contributed by atoms with van der Waals surface area (Å²) >= 11 is 1.37. The molecule has 1 fully saturated rings. The third-order valence-electron chi connectivity index (χ3n) is 5.03. The number of rotatable bonds is 3. The van der Waals surface area contributed by atoms with Crippen molar-refractivity contribution in [2.45, 2.75) is 25.4 Å². The lowest BCUT2D eigenvalue weighted by Gasteiger charge is -2.34. The Labute approximate surface area is 157 Å². The number of hydrogen-bond acceptors (Lipinski definition) is 5. The number of carbonyl (C=O) groups is 1. The average Bonchev–Trinajstić information content (AvgIpc) is 2.91. The average molecular weight is 369 g/mol. The van der Waals surface area contributed by atoms with Gasteiger partial charge in [-0.2, -0.15) is 0 Å². The maximum atomic E-state index is 12.6. The summed E-state index contributed by atoms with van der Waals surface area (Å²) < 4.78 is 2.03. The standard InChI is InChI=1S/C19H23N5OS/c1-12-8-13(2)10-24(9-12)16(25)11-26-19-20-18-17(21-22-19)14-6-4-5-7-15(14)23(18)3/h4-7,12-13H,8-11H2,1-3H3. The van der Waals surface area contributed by atoms with E-state index in [0.29, 0.717) is 22.7 Å². The number of thioether (sulfide) groups is 1. The van der Waals surface area contributed by atoms with Crippen LogP contribution in [-0.4, -0.2) is 49.4 Å². The Morgan fingerprint density at radius 3 is 2.69 bits per heavy atom. The molecule has 136 valence electrons. The highest BCUT2D eigenvalue weighted by Crippen LogP contribution is 2.26. The molecule has 0 bridgehead atoms. The summed E-state index contributed by atoms with van der Waals surface area (Å²) in [4.78, 5) is 19.2. The first-order chi connectivity index (χ1) is 12.5. The molecule has 4 rings (SSSR count). The van der Waals surface area contributed by atoms with Crippen LogP contribution in [-0.2, 0) is 11.8 Å². The van der Waals surface area contributed by atoms with E-state index in [1.807, 2.05) is 40.8 Å². The van der Waals surface area contributed by atoms with Crippen LogP contribution in [0.2, 0.25) is 0 Å². The summed E-state index contributed by atoms with van der Waals surface area (Å²) in [5, 5.41) is 10.2. The Kier molecular flexibility index (Phi) is 4.56. The van der Waals surface area contributed by atoms with Crippen molar-refractivity contribution in [3.05, 3.63) is 24.3 Å². The summed E-state index contributed by atoms with van der Waals surface area (Å²) in [5.41, 5.74) is 2.69. The van der Waals surface area contributed by atoms with Gasteiger partial charge in [0.15, 0.2) is 5.65 Å². The number of aryl methyl sites for hydroxylation is 1. The predicted octanol–water partition coefficient (Wildman–Crippen LogP) is 3.11. The van der Waals surface area contributed by atoms with Crippen LogP contribution in [0, 0.1) is 11.8 Å². The highest BCUT2D eigenvalue weighted by Gasteiger charge is 2.25. The zero-order chi connectivity index (χ0) is 18.3. The van der Waals surface area contributed by atoms with Gasteiger partial charge in [0.1, 0.15) is 5.52 Å². The number of fused-ring (bicyclic) bond motifs is 3. The number of piperidine rings is 1. The van der Waals surface area contributed by atoms with Gasteiger partial charge in [-0.3, -0.25) is 4.79 Å². The lowest BCUT2D eigenvalue weighted by atomic mass is 9.92. The van der Waals surface area contributed by atoms with E-state index in [0.717, 1.165) is 35.2 Å². The zero-order valence-corrected chi connectivity index (χ0v) is 16.2. The SMILES string of the molecule is CC1CC(C)CN(C(=O)CSc2nnc3c4ccccc4n(C)c3n2)C1. The van der Waals surface area contributed by atoms with E-state index in [2.05, 4.69) is 29.0 Å². The van der Waals surface area contributed by atoms with Crippen molar-refractivity contribution in [1.82, 2.24) is 24.6 Å². The van der Waals surface area contributed by atoms with Crippen LogP contribution in [0.25, 0.3) is 22.1 Å². The number of aromatic nitrogens is 4. The highest BCUT2D eigenvalue weighted by atomic mass is 32.2. The minimum absolute atomic E-state index is 0.161. The van der Waals surface area contributed by atoms with Gasteiger partial charge in [0.2, 0.25) is 11.1 Å². The second-order valence-corrected chi connectivity index (χ2v) is 8.32. The molecule has 1 aliphatic heterocycles. The second-order valence-electron chi connectivity index (χ2n) is 7.38. The summed E-state index contributed by atoms with van der Waals surface area (Å²) in [6, 6.07) is 8.08. The molecule has 0 aliphatic carbocycles. The number of amides is 1. The third kappa shape index (κ3) is 3.16. The van der Waals surface area contributed by atoms with Crippen LogP contribution in [0.3, 0.4) is 0 Å². The fraction of sp³-hybridized carbons (Fsp3) is 0.474. The van der Waals surface area contributed by atoms with E-state index in [1.165, 1.54) is 18.2 Å². The molecule has 3 aromatic rings. The molecule has 26 heavy (non-hydrogen) atoms. The van der Waals surface area contributed by atoms with Crippen molar-refractivity contribution in [3.8, 4) is 0 Å². The summed E-state index contributed by atoms with van der Waals surface area (Å²) in [7, 11) is 1.98. The van der Waals surface area contributed by atoms with Crippen molar-refractivity contribution in [2.24, 2.45) is 18.9 Å². The van der Waals surface area contributed by atoms with Gasteiger partial charge in [-0.1, -0.05) is 43.8 Å². The number of benzene rings is 1. The lowest BCUT2D eigenvalue weighted by Crippen LogP contribution is -2.43. The van der Waals surface area contributed by atoms with Crippen molar-refractivity contribution in [2.75, 3.05) is 18.8 Å². The molecular formula is C19H23N5OS. The molecule has 0 N–H and O–H groups in total. The van der Waals surface area contributed by atoms with Crippen LogP contribution in [0.1, 0.15) is 20.3 Å². The van der Waals surface area contributed by atoms with E-state index < -0.39 is 0 Å². The first-order valence-corrected chi connectivity index (χ1v) is 10.00. The molecule has 0 radical (unpaired) electrons. The molecule has 0 saturated carbocycles. The lowest BCUT2D eigenvalue weighted by molar-refractivity contribution is -0.130. The molecule has 1 aromatic carbocycles. The first-order valence-electron chi connectivity index (χ1n) is 9.01. The van der Waals surface area contributed by atoms with Crippen molar-refractivity contribution in [1.29, 1.82) is 0 Å². The minimum atomic E-state index is 0.161. The van der Waals surface area contributed by atoms with Crippen LogP contribution < -0.4 is 0 Å². The Morgan fingerprint density at radius 2 is 1.92 bits per heavy atom. The topological polar surface area (TPSA) is 63.9 Å². The Morgan fingerprint density at radius 1 is 1.19 bits per heavy atom. The fourth-order valence-corrected chi connectivity index (χ4v) is 4.62. The van der Waals surface area contributed by atoms with Gasteiger partial charge in [-0.05, 0) is 24.3 Å². The Bertz CT molecular complexity index is 959. The van der Waals surface area contributed by atoms with Gasteiger partial charge in [-0.15, -0.1) is 10.2 Å². The Hall–Kier alpha value is -2.15. The van der Waals surface area contributed by atoms with Gasteiger partial charge in [-0.25, -0.2) is 4.98 Å². The summed E-state index contributed by atoms with van der Waals surface area (Å²) in [6.45, 7) is 6.13. The van der Waals surface area contributed by atoms with Crippen molar-refractivity contribution >= 4 is 39.7 Å². The normalized spacial score (nSPS) is 20.8. The van der Waals surface area contributed by atoms with Gasteiger partial charge in [0.25, 0.3) is 0 Å². The molecular weight excluding hydrogens is 346 g/mol. The molecule has 1 amide bonds. The molecule has 1 saturated heterocycles. The molecule has 2 unspecified atom stereocenters. The zero-order valence-electron chi connectivity index (χ0n) is 15.3. The minimum Gasteiger partial charge on any atom is -0.341 e. The van der Waals surface area contributed by atoms with Gasteiger partial charge in [0, 0.05) is 25.5 Å². The molecule has 6 nitrogen and oxygen atoms in total. The van der Waals surface area contributed by atoms with Gasteiger partial charge in [0.05, 0.1) is 11.3 Å². The quantitative estimate of drug-likeness (QED) is 0.664. The smallest absolute Gasteiger partial charge is 0.233 e. The van der Waals surface area contributed by atoms with Crippen LogP contribution in [0.15, 0.2) is 29.4 Å². The predicted molar refractivity (Wildman–Crippen MR) is 104 cm³/mol. The Balaban J connectivity index is 1.52. The molecule has 1 aliphatic rings. The van der Waals surface area contributed by atoms with E-state index in [1.54, 1.807) is 0 Å². The number of hydrogen-bond donors (Lipinski definition) is 0. The number of para-hydroxylation sites is 1. The highest BCUT2D eigenvalue weighted by molar-refractivity contribution is 7.99. The van der Waals surface area contributed by atoms with E-state index in [4.69, 9.17) is 0 Å². The molecule has 7 heteroatoms. The molecule has 0 spiro atoms. The van der Waals surface area contributed by atoms with Gasteiger partial charge < -0.3 is 9.47 Å². The van der Waals surface area contributed by atoms with Crippen LogP contribution >= 0.6 is 11.8 Å². The second kappa shape index (κ2) is 6.87. The molecule has 3 heterocycles. The first kappa shape index (κ1) is 17.3. The summed E-state index contributed by atoms with van der Waals surface area (Å²) in [6.07, 6.45) is 1.20. The maximum absolute atomic E-state index is 12.6. The summed E-state index contributed by atoms with van der Waals surface area (Å²) in [5.74, 6) is 1.65. The number of likely N-dealkylation sites (tertiary alicyclic amines) is 1. The number of nitrogens with zero attached hydrogens (tertiary/aromatic N) is 5. The number of carbonyl (C=O) groups excluding carboxylic acids is 1. The largest absolute Gasteiger partial charge is 0.341 e. The van der Waals surface area contributed by atoms with Crippen LogP contribution in [0.4, 0.5) is 0 Å². The fourth-order valence-electron chi connectivity index (χ4n) is 3.94. The third-order valence-corrected chi connectivity index (χ3v) is 5.86. The van der Waals surface area contributed by atoms with Crippen molar-refractivity contribution < 1.29 is 4.79 Å². The van der Waals surface area contributed by atoms with E-state index in [9.17, 15) is 4.79 Å². The molecule has 2 atom stereocenters. The van der Waals surface area contributed by atoms with Gasteiger partial charge >= 0.3 is 0 Å². The maximum Gasteiger partial charge on any atom is 0.233 e. The van der Waals surface area contributed by atoms with E-state index in [-0.39, 0.29) is 5.91 Å². The molecule has 2 aromatic heterocycles.